The van der Waals surface area contributed by atoms with Crippen molar-refractivity contribution in [3.8, 4) is 0 Å². The minimum atomic E-state index is 0.0342. The van der Waals surface area contributed by atoms with Gasteiger partial charge in [0.25, 0.3) is 0 Å². The lowest BCUT2D eigenvalue weighted by Crippen LogP contribution is -2.48. The molecular formula is C14H28O2. The van der Waals surface area contributed by atoms with Gasteiger partial charge in [-0.05, 0) is 18.8 Å². The first-order chi connectivity index (χ1) is 7.47. The van der Waals surface area contributed by atoms with Crippen molar-refractivity contribution in [2.75, 3.05) is 6.61 Å². The van der Waals surface area contributed by atoms with E-state index >= 15 is 0 Å². The highest BCUT2D eigenvalue weighted by Gasteiger charge is 2.39. The molecule has 1 heterocycles. The van der Waals surface area contributed by atoms with Crippen LogP contribution in [0.1, 0.15) is 60.3 Å². The third kappa shape index (κ3) is 3.74. The maximum Gasteiger partial charge on any atom is 0.158 e. The molecule has 0 saturated carbocycles. The van der Waals surface area contributed by atoms with Crippen molar-refractivity contribution in [1.29, 1.82) is 0 Å². The molecule has 0 bridgehead atoms. The average molecular weight is 228 g/mol. The predicted octanol–water partition coefficient (Wildman–Crippen LogP) is 3.99. The average Bonchev–Trinajstić information content (AvgIpc) is 2.20. The van der Waals surface area contributed by atoms with Crippen LogP contribution in [0, 0.1) is 11.3 Å². The number of hydrogen-bond donors (Lipinski definition) is 0. The summed E-state index contributed by atoms with van der Waals surface area (Å²) < 4.78 is 11.9. The topological polar surface area (TPSA) is 18.5 Å². The Morgan fingerprint density at radius 3 is 2.50 bits per heavy atom. The van der Waals surface area contributed by atoms with Crippen molar-refractivity contribution in [3.63, 3.8) is 0 Å². The Bertz CT molecular complexity index is 199. The molecule has 2 nitrogen and oxygen atoms in total. The van der Waals surface area contributed by atoms with Crippen LogP contribution in [0.5, 0.6) is 0 Å². The van der Waals surface area contributed by atoms with Crippen LogP contribution < -0.4 is 0 Å². The van der Waals surface area contributed by atoms with Gasteiger partial charge < -0.3 is 9.47 Å². The summed E-state index contributed by atoms with van der Waals surface area (Å²) in [5.74, 6) is 0.563. The lowest BCUT2D eigenvalue weighted by Gasteiger charge is -2.44. The molecule has 0 aromatic carbocycles. The van der Waals surface area contributed by atoms with E-state index in [0.29, 0.717) is 12.0 Å². The molecule has 2 heteroatoms. The molecule has 0 N–H and O–H groups in total. The highest BCUT2D eigenvalue weighted by molar-refractivity contribution is 4.84. The number of ether oxygens (including phenoxy) is 2. The Balaban J connectivity index is 2.43. The summed E-state index contributed by atoms with van der Waals surface area (Å²) in [5, 5.41) is 0. The van der Waals surface area contributed by atoms with E-state index in [2.05, 4.69) is 34.6 Å². The maximum atomic E-state index is 6.09. The molecule has 0 radical (unpaired) electrons. The van der Waals surface area contributed by atoms with Crippen molar-refractivity contribution in [2.24, 2.45) is 11.3 Å². The van der Waals surface area contributed by atoms with Crippen molar-refractivity contribution in [2.45, 2.75) is 72.7 Å². The van der Waals surface area contributed by atoms with Crippen LogP contribution in [0.2, 0.25) is 0 Å². The zero-order chi connectivity index (χ0) is 12.2. The summed E-state index contributed by atoms with van der Waals surface area (Å²) in [5.41, 5.74) is 0.148. The molecule has 0 aromatic rings. The van der Waals surface area contributed by atoms with Gasteiger partial charge in [-0.1, -0.05) is 47.5 Å². The molecule has 1 rings (SSSR count). The van der Waals surface area contributed by atoms with Crippen LogP contribution in [0.4, 0.5) is 0 Å². The largest absolute Gasteiger partial charge is 0.352 e. The molecule has 16 heavy (non-hydrogen) atoms. The van der Waals surface area contributed by atoms with Gasteiger partial charge in [0.1, 0.15) is 0 Å². The normalized spacial score (nSPS) is 29.6. The second-order valence-electron chi connectivity index (χ2n) is 6.03. The zero-order valence-electron chi connectivity index (χ0n) is 11.6. The second-order valence-corrected chi connectivity index (χ2v) is 6.03. The van der Waals surface area contributed by atoms with Crippen LogP contribution in [0.3, 0.4) is 0 Å². The van der Waals surface area contributed by atoms with Crippen LogP contribution in [-0.2, 0) is 9.47 Å². The summed E-state index contributed by atoms with van der Waals surface area (Å²) in [4.78, 5) is 0. The van der Waals surface area contributed by atoms with Gasteiger partial charge in [-0.15, -0.1) is 0 Å². The van der Waals surface area contributed by atoms with E-state index in [0.717, 1.165) is 13.0 Å². The van der Waals surface area contributed by atoms with E-state index in [9.17, 15) is 0 Å². The molecule has 0 aromatic heterocycles. The maximum absolute atomic E-state index is 6.09. The predicted molar refractivity (Wildman–Crippen MR) is 67.4 cm³/mol. The molecule has 0 aliphatic carbocycles. The molecule has 0 unspecified atom stereocenters. The summed E-state index contributed by atoms with van der Waals surface area (Å²) in [6.45, 7) is 12.0. The first-order valence-electron chi connectivity index (χ1n) is 6.74. The standard InChI is InChI=1S/C14H28O2/c1-6-7-8-9-12-15-10-14(4,5)13(16-12)11(2)3/h11-13H,6-10H2,1-5H3/t12-,13-/m0/s1. The molecule has 2 atom stereocenters. The van der Waals surface area contributed by atoms with Crippen LogP contribution in [0.15, 0.2) is 0 Å². The zero-order valence-corrected chi connectivity index (χ0v) is 11.6. The fourth-order valence-corrected chi connectivity index (χ4v) is 2.55. The quantitative estimate of drug-likeness (QED) is 0.662. The molecular weight excluding hydrogens is 200 g/mol. The van der Waals surface area contributed by atoms with E-state index in [1.54, 1.807) is 0 Å². The minimum Gasteiger partial charge on any atom is -0.352 e. The Morgan fingerprint density at radius 2 is 1.94 bits per heavy atom. The van der Waals surface area contributed by atoms with Crippen molar-refractivity contribution in [3.05, 3.63) is 0 Å². The van der Waals surface area contributed by atoms with E-state index in [1.165, 1.54) is 19.3 Å². The van der Waals surface area contributed by atoms with Gasteiger partial charge in [0.05, 0.1) is 12.7 Å². The Kier molecular flexibility index (Phi) is 5.26. The third-order valence-corrected chi connectivity index (χ3v) is 3.36. The van der Waals surface area contributed by atoms with Crippen molar-refractivity contribution in [1.82, 2.24) is 0 Å². The van der Waals surface area contributed by atoms with Gasteiger partial charge in [0, 0.05) is 5.41 Å². The van der Waals surface area contributed by atoms with Crippen molar-refractivity contribution >= 4 is 0 Å². The van der Waals surface area contributed by atoms with Gasteiger partial charge in [0.15, 0.2) is 6.29 Å². The minimum absolute atomic E-state index is 0.0342. The van der Waals surface area contributed by atoms with Crippen molar-refractivity contribution < 1.29 is 9.47 Å². The second kappa shape index (κ2) is 6.02. The summed E-state index contributed by atoms with van der Waals surface area (Å²) in [6.07, 6.45) is 5.16. The summed E-state index contributed by atoms with van der Waals surface area (Å²) in [6, 6.07) is 0. The number of unbranched alkanes of at least 4 members (excludes halogenated alkanes) is 2. The van der Waals surface area contributed by atoms with Crippen LogP contribution in [-0.4, -0.2) is 19.0 Å². The first kappa shape index (κ1) is 14.0. The lowest BCUT2D eigenvalue weighted by atomic mass is 9.80. The lowest BCUT2D eigenvalue weighted by molar-refractivity contribution is -0.271. The molecule has 0 spiro atoms. The SMILES string of the molecule is CCCCC[C@H]1OCC(C)(C)[C@H](C(C)C)O1. The Labute approximate surface area is 101 Å². The smallest absolute Gasteiger partial charge is 0.158 e. The van der Waals surface area contributed by atoms with E-state index in [-0.39, 0.29) is 11.7 Å². The Hall–Kier alpha value is -0.0800. The van der Waals surface area contributed by atoms with Gasteiger partial charge >= 0.3 is 0 Å². The first-order valence-corrected chi connectivity index (χ1v) is 6.74. The van der Waals surface area contributed by atoms with Gasteiger partial charge in [-0.3, -0.25) is 0 Å². The third-order valence-electron chi connectivity index (χ3n) is 3.36. The number of hydrogen-bond acceptors (Lipinski definition) is 2. The van der Waals surface area contributed by atoms with E-state index in [1.807, 2.05) is 0 Å². The molecule has 96 valence electrons. The highest BCUT2D eigenvalue weighted by atomic mass is 16.7. The molecule has 0 amide bonds. The molecule has 1 aliphatic heterocycles. The van der Waals surface area contributed by atoms with Gasteiger partial charge in [0.2, 0.25) is 0 Å². The highest BCUT2D eigenvalue weighted by Crippen LogP contribution is 2.35. The molecule has 1 saturated heterocycles. The molecule has 1 fully saturated rings. The number of rotatable bonds is 5. The van der Waals surface area contributed by atoms with Crippen LogP contribution in [0.25, 0.3) is 0 Å². The fourth-order valence-electron chi connectivity index (χ4n) is 2.55. The monoisotopic (exact) mass is 228 g/mol. The fraction of sp³-hybridized carbons (Fsp3) is 1.00. The van der Waals surface area contributed by atoms with E-state index in [4.69, 9.17) is 9.47 Å². The molecule has 1 aliphatic rings. The van der Waals surface area contributed by atoms with Gasteiger partial charge in [-0.2, -0.15) is 0 Å². The Morgan fingerprint density at radius 1 is 1.25 bits per heavy atom. The van der Waals surface area contributed by atoms with Gasteiger partial charge in [-0.25, -0.2) is 0 Å². The summed E-state index contributed by atoms with van der Waals surface area (Å²) >= 11 is 0. The van der Waals surface area contributed by atoms with Crippen LogP contribution >= 0.6 is 0 Å². The van der Waals surface area contributed by atoms with E-state index < -0.39 is 0 Å². The summed E-state index contributed by atoms with van der Waals surface area (Å²) in [7, 11) is 0.